The molecule has 6 aromatic rings. The van der Waals surface area contributed by atoms with Gasteiger partial charge in [-0.3, -0.25) is 14.6 Å². The molecule has 35 heavy (non-hydrogen) atoms. The second kappa shape index (κ2) is 7.97. The van der Waals surface area contributed by atoms with Gasteiger partial charge in [0.1, 0.15) is 23.4 Å². The van der Waals surface area contributed by atoms with Crippen molar-refractivity contribution in [2.45, 2.75) is 26.8 Å². The van der Waals surface area contributed by atoms with Gasteiger partial charge >= 0.3 is 0 Å². The molecule has 0 aliphatic heterocycles. The molecule has 0 aliphatic rings. The minimum absolute atomic E-state index is 0.219. The lowest BCUT2D eigenvalue weighted by molar-refractivity contribution is 0.642. The fourth-order valence-corrected chi connectivity index (χ4v) is 4.09. The summed E-state index contributed by atoms with van der Waals surface area (Å²) < 4.78 is 17.7. The van der Waals surface area contributed by atoms with E-state index < -0.39 is 5.82 Å². The maximum Gasteiger partial charge on any atom is 0.184 e. The monoisotopic (exact) mass is 468 g/mol. The number of imidazole rings is 2. The number of aromatic amines is 2. The quantitative estimate of drug-likeness (QED) is 0.342. The van der Waals surface area contributed by atoms with Crippen LogP contribution in [-0.4, -0.2) is 50.7 Å². The Kier molecular flexibility index (Phi) is 4.76. The zero-order valence-electron chi connectivity index (χ0n) is 19.2. The first-order valence-corrected chi connectivity index (χ1v) is 11.1. The lowest BCUT2D eigenvalue weighted by Gasteiger charge is -2.11. The molecule has 0 saturated carbocycles. The van der Waals surface area contributed by atoms with Gasteiger partial charge in [-0.05, 0) is 32.9 Å². The average molecular weight is 469 g/mol. The Morgan fingerprint density at radius 3 is 2.80 bits per heavy atom. The van der Waals surface area contributed by atoms with Crippen molar-refractivity contribution in [3.05, 3.63) is 61.0 Å². The van der Waals surface area contributed by atoms with Crippen LogP contribution < -0.4 is 5.32 Å². The Hall–Kier alpha value is -4.67. The first-order valence-electron chi connectivity index (χ1n) is 11.1. The largest absolute Gasteiger partial charge is 0.382 e. The lowest BCUT2D eigenvalue weighted by Crippen LogP contribution is -2.09. The van der Waals surface area contributed by atoms with Crippen LogP contribution in [0, 0.1) is 12.7 Å². The molecule has 0 atom stereocenters. The van der Waals surface area contributed by atoms with Gasteiger partial charge in [-0.25, -0.2) is 24.3 Å². The Balaban J connectivity index is 1.49. The third-order valence-corrected chi connectivity index (χ3v) is 5.60. The number of H-pyrrole nitrogens is 2. The van der Waals surface area contributed by atoms with Crippen LogP contribution in [0.2, 0.25) is 0 Å². The first-order chi connectivity index (χ1) is 17.0. The number of nitrogens with zero attached hydrogens (tertiary/aromatic N) is 7. The molecule has 0 radical (unpaired) electrons. The van der Waals surface area contributed by atoms with Gasteiger partial charge in [-0.15, -0.1) is 0 Å². The van der Waals surface area contributed by atoms with E-state index in [9.17, 15) is 0 Å². The SMILES string of the molecule is Cc1cn(-c2nccc3[nH]c(-c4[nH]nc5ncc(-c6cncc(NC(C)C)c6)c(F)c45)nc23)cn1. The van der Waals surface area contributed by atoms with Gasteiger partial charge in [-0.2, -0.15) is 5.10 Å². The number of nitrogens with one attached hydrogen (secondary N) is 3. The van der Waals surface area contributed by atoms with E-state index >= 15 is 4.39 Å². The fraction of sp³-hybridized carbons (Fsp3) is 0.167. The van der Waals surface area contributed by atoms with Crippen molar-refractivity contribution in [2.75, 3.05) is 5.32 Å². The highest BCUT2D eigenvalue weighted by Crippen LogP contribution is 2.33. The first kappa shape index (κ1) is 20.9. The van der Waals surface area contributed by atoms with E-state index in [2.05, 4.69) is 40.4 Å². The number of aromatic nitrogens is 9. The molecule has 0 amide bonds. The number of halogens is 1. The zero-order valence-corrected chi connectivity index (χ0v) is 19.2. The van der Waals surface area contributed by atoms with E-state index in [1.54, 1.807) is 29.5 Å². The average Bonchev–Trinajstić information content (AvgIpc) is 3.56. The molecule has 6 aromatic heterocycles. The number of hydrogen-bond acceptors (Lipinski definition) is 7. The molecular formula is C24H21FN10. The van der Waals surface area contributed by atoms with Crippen LogP contribution in [0.4, 0.5) is 10.1 Å². The van der Waals surface area contributed by atoms with E-state index in [1.807, 2.05) is 39.1 Å². The summed E-state index contributed by atoms with van der Waals surface area (Å²) >= 11 is 0. The summed E-state index contributed by atoms with van der Waals surface area (Å²) in [5, 5.41) is 10.6. The normalized spacial score (nSPS) is 11.7. The van der Waals surface area contributed by atoms with Crippen molar-refractivity contribution < 1.29 is 4.39 Å². The third kappa shape index (κ3) is 3.57. The van der Waals surface area contributed by atoms with Gasteiger partial charge < -0.3 is 10.3 Å². The van der Waals surface area contributed by atoms with Crippen LogP contribution in [0.5, 0.6) is 0 Å². The maximum atomic E-state index is 15.9. The van der Waals surface area contributed by atoms with E-state index in [-0.39, 0.29) is 17.1 Å². The number of rotatable bonds is 5. The molecule has 6 rings (SSSR count). The highest BCUT2D eigenvalue weighted by atomic mass is 19.1. The molecule has 0 spiro atoms. The molecule has 0 fully saturated rings. The smallest absolute Gasteiger partial charge is 0.184 e. The molecule has 6 heterocycles. The van der Waals surface area contributed by atoms with Crippen LogP contribution in [-0.2, 0) is 0 Å². The third-order valence-electron chi connectivity index (χ3n) is 5.60. The molecule has 0 aromatic carbocycles. The molecule has 10 nitrogen and oxygen atoms in total. The van der Waals surface area contributed by atoms with E-state index in [0.717, 1.165) is 16.9 Å². The van der Waals surface area contributed by atoms with Crippen molar-refractivity contribution in [2.24, 2.45) is 0 Å². The summed E-state index contributed by atoms with van der Waals surface area (Å²) in [5.74, 6) is 0.598. The molecule has 0 saturated heterocycles. The Morgan fingerprint density at radius 1 is 1.11 bits per heavy atom. The number of anilines is 1. The minimum atomic E-state index is -0.453. The van der Waals surface area contributed by atoms with Gasteiger partial charge in [-0.1, -0.05) is 0 Å². The van der Waals surface area contributed by atoms with Gasteiger partial charge in [0.05, 0.1) is 22.3 Å². The van der Waals surface area contributed by atoms with Crippen LogP contribution in [0.25, 0.3) is 50.5 Å². The van der Waals surface area contributed by atoms with Gasteiger partial charge in [0.15, 0.2) is 17.3 Å². The topological polar surface area (TPSA) is 126 Å². The summed E-state index contributed by atoms with van der Waals surface area (Å²) in [6, 6.07) is 3.89. The summed E-state index contributed by atoms with van der Waals surface area (Å²) in [6.07, 6.45) is 10.0. The van der Waals surface area contributed by atoms with Crippen molar-refractivity contribution in [3.63, 3.8) is 0 Å². The van der Waals surface area contributed by atoms with E-state index in [0.29, 0.717) is 34.0 Å². The number of pyridine rings is 3. The van der Waals surface area contributed by atoms with E-state index in [1.165, 1.54) is 6.20 Å². The Labute approximate surface area is 198 Å². The Bertz CT molecular complexity index is 1690. The predicted octanol–water partition coefficient (Wildman–Crippen LogP) is 4.41. The summed E-state index contributed by atoms with van der Waals surface area (Å²) in [4.78, 5) is 25.4. The van der Waals surface area contributed by atoms with Crippen molar-refractivity contribution in [3.8, 4) is 28.5 Å². The van der Waals surface area contributed by atoms with Gasteiger partial charge in [0, 0.05) is 48.2 Å². The number of aryl methyl sites for hydroxylation is 1. The summed E-state index contributed by atoms with van der Waals surface area (Å²) in [7, 11) is 0. The standard InChI is InChI=1S/C24H21FN10/c1-12(2)30-15-6-14(7-26-8-15)16-9-28-22-18(19(16)25)21(33-34-22)23-31-17-4-5-27-24(20(17)32-23)35-10-13(3)29-11-35/h4-12,30H,1-3H3,(H,31,32)(H,28,33,34). The van der Waals surface area contributed by atoms with Crippen molar-refractivity contribution in [1.29, 1.82) is 0 Å². The maximum absolute atomic E-state index is 15.9. The molecule has 174 valence electrons. The lowest BCUT2D eigenvalue weighted by atomic mass is 10.1. The minimum Gasteiger partial charge on any atom is -0.382 e. The van der Waals surface area contributed by atoms with Crippen LogP contribution >= 0.6 is 0 Å². The molecule has 11 heteroatoms. The van der Waals surface area contributed by atoms with Crippen LogP contribution in [0.3, 0.4) is 0 Å². The number of hydrogen-bond donors (Lipinski definition) is 3. The fourth-order valence-electron chi connectivity index (χ4n) is 4.09. The molecule has 0 bridgehead atoms. The summed E-state index contributed by atoms with van der Waals surface area (Å²) in [6.45, 7) is 5.96. The molecule has 3 N–H and O–H groups in total. The van der Waals surface area contributed by atoms with Crippen LogP contribution in [0.15, 0.2) is 49.4 Å². The van der Waals surface area contributed by atoms with Crippen molar-refractivity contribution >= 4 is 27.8 Å². The summed E-state index contributed by atoms with van der Waals surface area (Å²) in [5.41, 5.74) is 4.64. The van der Waals surface area contributed by atoms with Crippen LogP contribution in [0.1, 0.15) is 19.5 Å². The second-order valence-electron chi connectivity index (χ2n) is 8.58. The second-order valence-corrected chi connectivity index (χ2v) is 8.58. The van der Waals surface area contributed by atoms with Gasteiger partial charge in [0.25, 0.3) is 0 Å². The molecule has 0 unspecified atom stereocenters. The number of fused-ring (bicyclic) bond motifs is 2. The predicted molar refractivity (Wildman–Crippen MR) is 131 cm³/mol. The zero-order chi connectivity index (χ0) is 24.1. The highest BCUT2D eigenvalue weighted by molar-refractivity contribution is 5.95. The molecular weight excluding hydrogens is 447 g/mol. The van der Waals surface area contributed by atoms with E-state index in [4.69, 9.17) is 4.98 Å². The highest BCUT2D eigenvalue weighted by Gasteiger charge is 2.21. The van der Waals surface area contributed by atoms with Gasteiger partial charge in [0.2, 0.25) is 0 Å². The Morgan fingerprint density at radius 2 is 2.00 bits per heavy atom. The molecule has 0 aliphatic carbocycles. The van der Waals surface area contributed by atoms with Crippen molar-refractivity contribution in [1.82, 2.24) is 44.7 Å².